The average Bonchev–Trinajstić information content (AvgIpc) is 3.30. The number of hydrogen-bond acceptors (Lipinski definition) is 5. The number of carbonyl (C=O) groups excluding carboxylic acids is 2. The van der Waals surface area contributed by atoms with Crippen molar-refractivity contribution in [3.8, 4) is 17.0 Å². The summed E-state index contributed by atoms with van der Waals surface area (Å²) in [7, 11) is 1.59. The Kier molecular flexibility index (Phi) is 8.21. The van der Waals surface area contributed by atoms with Crippen LogP contribution in [0.25, 0.3) is 17.2 Å². The number of aromatic nitrogens is 1. The van der Waals surface area contributed by atoms with Gasteiger partial charge in [0.1, 0.15) is 6.04 Å². The first-order valence-corrected chi connectivity index (χ1v) is 12.8. The predicted molar refractivity (Wildman–Crippen MR) is 140 cm³/mol. The van der Waals surface area contributed by atoms with E-state index in [0.29, 0.717) is 37.0 Å². The molecular weight excluding hydrogens is 482 g/mol. The van der Waals surface area contributed by atoms with Crippen LogP contribution in [0, 0.1) is 0 Å². The van der Waals surface area contributed by atoms with Gasteiger partial charge in [-0.1, -0.05) is 49.2 Å². The maximum Gasteiger partial charge on any atom is 0.247 e. The van der Waals surface area contributed by atoms with Gasteiger partial charge in [0, 0.05) is 53.8 Å². The molecule has 0 N–H and O–H groups in total. The number of piperazine rings is 1. The molecule has 4 rings (SSSR count). The molecule has 1 atom stereocenters. The van der Waals surface area contributed by atoms with Crippen molar-refractivity contribution in [2.24, 2.45) is 0 Å². The van der Waals surface area contributed by atoms with Gasteiger partial charge >= 0.3 is 0 Å². The van der Waals surface area contributed by atoms with Crippen LogP contribution in [0.15, 0.2) is 60.1 Å². The van der Waals surface area contributed by atoms with E-state index in [4.69, 9.17) is 16.3 Å². The molecule has 35 heavy (non-hydrogen) atoms. The van der Waals surface area contributed by atoms with Crippen molar-refractivity contribution in [1.29, 1.82) is 0 Å². The van der Waals surface area contributed by atoms with Crippen LogP contribution in [0.1, 0.15) is 30.2 Å². The second kappa shape index (κ2) is 11.5. The number of halogens is 1. The summed E-state index contributed by atoms with van der Waals surface area (Å²) in [5.74, 6) is 0.440. The zero-order valence-corrected chi connectivity index (χ0v) is 21.4. The van der Waals surface area contributed by atoms with Crippen LogP contribution < -0.4 is 4.74 Å². The average molecular weight is 510 g/mol. The molecule has 2 aromatic heterocycles. The summed E-state index contributed by atoms with van der Waals surface area (Å²) in [6.45, 7) is 3.57. The molecule has 0 aliphatic carbocycles. The quantitative estimate of drug-likeness (QED) is 0.375. The molecule has 182 valence electrons. The maximum absolute atomic E-state index is 13.3. The molecule has 0 spiro atoms. The summed E-state index contributed by atoms with van der Waals surface area (Å²) < 4.78 is 5.12. The van der Waals surface area contributed by atoms with E-state index in [1.54, 1.807) is 30.4 Å². The summed E-state index contributed by atoms with van der Waals surface area (Å²) in [5, 5.41) is 2.48. The molecule has 3 aromatic rings. The molecule has 0 saturated carbocycles. The molecule has 8 heteroatoms. The van der Waals surface area contributed by atoms with Crippen LogP contribution in [0.5, 0.6) is 5.88 Å². The van der Waals surface area contributed by atoms with Gasteiger partial charge in [-0.2, -0.15) is 0 Å². The summed E-state index contributed by atoms with van der Waals surface area (Å²) in [6.07, 6.45) is 6.55. The van der Waals surface area contributed by atoms with Crippen LogP contribution in [0.3, 0.4) is 0 Å². The minimum Gasteiger partial charge on any atom is -0.481 e. The SMILES string of the molecule is CCCC1C(=O)N(Cc2ccc(-c3ccc(OC)nc3)cc2)CCN1C(=O)C=Cc1cc(Cl)cs1. The third-order valence-electron chi connectivity index (χ3n) is 6.01. The van der Waals surface area contributed by atoms with E-state index < -0.39 is 6.04 Å². The normalized spacial score (nSPS) is 16.2. The minimum atomic E-state index is -0.442. The molecule has 1 unspecified atom stereocenters. The zero-order valence-electron chi connectivity index (χ0n) is 19.8. The lowest BCUT2D eigenvalue weighted by atomic mass is 10.0. The molecule has 1 aliphatic heterocycles. The first-order chi connectivity index (χ1) is 17.0. The fraction of sp³-hybridized carbons (Fsp3) is 0.296. The molecule has 1 fully saturated rings. The van der Waals surface area contributed by atoms with Crippen LogP contribution in [-0.2, 0) is 16.1 Å². The zero-order chi connectivity index (χ0) is 24.8. The first-order valence-electron chi connectivity index (χ1n) is 11.6. The van der Waals surface area contributed by atoms with Gasteiger partial charge in [-0.15, -0.1) is 11.3 Å². The van der Waals surface area contributed by atoms with Gasteiger partial charge < -0.3 is 14.5 Å². The number of amides is 2. The van der Waals surface area contributed by atoms with Gasteiger partial charge in [0.2, 0.25) is 17.7 Å². The molecule has 1 aromatic carbocycles. The van der Waals surface area contributed by atoms with Crippen molar-refractivity contribution >= 4 is 40.8 Å². The molecular formula is C27H28ClN3O3S. The number of ether oxygens (including phenoxy) is 1. The Morgan fingerprint density at radius 3 is 2.60 bits per heavy atom. The largest absolute Gasteiger partial charge is 0.481 e. The number of thiophene rings is 1. The number of carbonyl (C=O) groups is 2. The minimum absolute atomic E-state index is 0.00227. The lowest BCUT2D eigenvalue weighted by Crippen LogP contribution is -2.58. The van der Waals surface area contributed by atoms with Crippen LogP contribution in [0.2, 0.25) is 5.02 Å². The number of methoxy groups -OCH3 is 1. The van der Waals surface area contributed by atoms with Gasteiger partial charge in [0.15, 0.2) is 0 Å². The molecule has 2 amide bonds. The Bertz CT molecular complexity index is 1190. The highest BCUT2D eigenvalue weighted by Crippen LogP contribution is 2.24. The van der Waals surface area contributed by atoms with Gasteiger partial charge in [-0.05, 0) is 35.8 Å². The molecule has 1 saturated heterocycles. The molecule has 6 nitrogen and oxygen atoms in total. The highest BCUT2D eigenvalue weighted by atomic mass is 35.5. The van der Waals surface area contributed by atoms with Crippen molar-refractivity contribution in [3.05, 3.63) is 75.6 Å². The third kappa shape index (κ3) is 6.10. The predicted octanol–water partition coefficient (Wildman–Crippen LogP) is 5.53. The number of nitrogens with zero attached hydrogens (tertiary/aromatic N) is 3. The van der Waals surface area contributed by atoms with Gasteiger partial charge in [-0.25, -0.2) is 4.98 Å². The Morgan fingerprint density at radius 1 is 1.20 bits per heavy atom. The highest BCUT2D eigenvalue weighted by molar-refractivity contribution is 7.11. The monoisotopic (exact) mass is 509 g/mol. The van der Waals surface area contributed by atoms with E-state index in [1.165, 1.54) is 11.3 Å². The Labute approximate surface area is 214 Å². The molecule has 0 radical (unpaired) electrons. The summed E-state index contributed by atoms with van der Waals surface area (Å²) >= 11 is 7.44. The van der Waals surface area contributed by atoms with E-state index >= 15 is 0 Å². The second-order valence-electron chi connectivity index (χ2n) is 8.38. The number of benzene rings is 1. The Hall–Kier alpha value is -3.16. The van der Waals surface area contributed by atoms with Gasteiger partial charge in [0.05, 0.1) is 12.1 Å². The number of pyridine rings is 1. The Morgan fingerprint density at radius 2 is 1.97 bits per heavy atom. The third-order valence-corrected chi connectivity index (χ3v) is 7.26. The highest BCUT2D eigenvalue weighted by Gasteiger charge is 2.35. The summed E-state index contributed by atoms with van der Waals surface area (Å²) in [4.78, 5) is 35.0. The van der Waals surface area contributed by atoms with Crippen molar-refractivity contribution in [1.82, 2.24) is 14.8 Å². The van der Waals surface area contributed by atoms with Crippen molar-refractivity contribution in [3.63, 3.8) is 0 Å². The smallest absolute Gasteiger partial charge is 0.247 e. The van der Waals surface area contributed by atoms with Crippen molar-refractivity contribution in [2.75, 3.05) is 20.2 Å². The van der Waals surface area contributed by atoms with Crippen molar-refractivity contribution in [2.45, 2.75) is 32.4 Å². The van der Waals surface area contributed by atoms with E-state index in [1.807, 2.05) is 59.7 Å². The Balaban J connectivity index is 1.41. The standard InChI is InChI=1S/C27H28ClN3O3S/c1-3-4-24-27(33)30(13-14-31(24)26(32)12-10-23-15-22(28)18-35-23)17-19-5-7-20(8-6-19)21-9-11-25(34-2)29-16-21/h5-12,15-16,18,24H,3-4,13-14,17H2,1-2H3. The van der Waals surface area contributed by atoms with Gasteiger partial charge in [-0.3, -0.25) is 9.59 Å². The van der Waals surface area contributed by atoms with Crippen LogP contribution >= 0.6 is 22.9 Å². The topological polar surface area (TPSA) is 62.7 Å². The van der Waals surface area contributed by atoms with Crippen LogP contribution in [-0.4, -0.2) is 52.8 Å². The van der Waals surface area contributed by atoms with E-state index in [-0.39, 0.29) is 11.8 Å². The van der Waals surface area contributed by atoms with E-state index in [9.17, 15) is 9.59 Å². The maximum atomic E-state index is 13.3. The molecule has 1 aliphatic rings. The second-order valence-corrected chi connectivity index (χ2v) is 9.76. The van der Waals surface area contributed by atoms with Crippen LogP contribution in [0.4, 0.5) is 0 Å². The van der Waals surface area contributed by atoms with E-state index in [0.717, 1.165) is 28.0 Å². The first kappa shape index (κ1) is 24.9. The lowest BCUT2D eigenvalue weighted by Gasteiger charge is -2.40. The number of rotatable bonds is 8. The molecule has 3 heterocycles. The fourth-order valence-corrected chi connectivity index (χ4v) is 5.15. The lowest BCUT2D eigenvalue weighted by molar-refractivity contribution is -0.150. The summed E-state index contributed by atoms with van der Waals surface area (Å²) in [6, 6.07) is 13.3. The van der Waals surface area contributed by atoms with Gasteiger partial charge in [0.25, 0.3) is 0 Å². The fourth-order valence-electron chi connectivity index (χ4n) is 4.17. The molecule has 0 bridgehead atoms. The van der Waals surface area contributed by atoms with E-state index in [2.05, 4.69) is 4.98 Å². The van der Waals surface area contributed by atoms with Crippen molar-refractivity contribution < 1.29 is 14.3 Å². The number of hydrogen-bond donors (Lipinski definition) is 0. The summed E-state index contributed by atoms with van der Waals surface area (Å²) in [5.41, 5.74) is 3.10.